The molecule has 0 bridgehead atoms. The quantitative estimate of drug-likeness (QED) is 0.504. The van der Waals surface area contributed by atoms with Crippen molar-refractivity contribution in [1.82, 2.24) is 4.98 Å². The van der Waals surface area contributed by atoms with Crippen LogP contribution in [-0.4, -0.2) is 22.3 Å². The van der Waals surface area contributed by atoms with Crippen LogP contribution >= 0.6 is 11.3 Å². The number of H-pyrrole nitrogens is 1. The molecule has 0 atom stereocenters. The Morgan fingerprint density at radius 3 is 2.50 bits per heavy atom. The van der Waals surface area contributed by atoms with Gasteiger partial charge < -0.3 is 19.9 Å². The molecule has 2 aromatic carbocycles. The zero-order valence-electron chi connectivity index (χ0n) is 13.8. The third kappa shape index (κ3) is 2.51. The van der Waals surface area contributed by atoms with E-state index in [1.54, 1.807) is 29.6 Å². The molecule has 0 aliphatic rings. The van der Waals surface area contributed by atoms with Crippen LogP contribution in [0.3, 0.4) is 0 Å². The second kappa shape index (κ2) is 6.24. The third-order valence-electron chi connectivity index (χ3n) is 4.28. The Morgan fingerprint density at radius 1 is 1.04 bits per heavy atom. The van der Waals surface area contributed by atoms with Crippen LogP contribution in [0.4, 0.5) is 0 Å². The lowest BCUT2D eigenvalue weighted by molar-refractivity contribution is 0.408. The molecule has 3 N–H and O–H groups in total. The maximum absolute atomic E-state index is 12.5. The zero-order valence-corrected chi connectivity index (χ0v) is 14.6. The summed E-state index contributed by atoms with van der Waals surface area (Å²) < 4.78 is 5.12. The number of nitrogens with one attached hydrogen (secondary N) is 1. The first-order valence-corrected chi connectivity index (χ1v) is 8.77. The van der Waals surface area contributed by atoms with E-state index >= 15 is 0 Å². The lowest BCUT2D eigenvalue weighted by atomic mass is 10.00. The first-order chi connectivity index (χ1) is 12.6. The van der Waals surface area contributed by atoms with Crippen molar-refractivity contribution >= 4 is 21.6 Å². The summed E-state index contributed by atoms with van der Waals surface area (Å²) in [7, 11) is 1.52. The summed E-state index contributed by atoms with van der Waals surface area (Å²) in [6.45, 7) is 0. The van der Waals surface area contributed by atoms with Gasteiger partial charge in [-0.15, -0.1) is 11.3 Å². The summed E-state index contributed by atoms with van der Waals surface area (Å²) in [6, 6.07) is 14.0. The van der Waals surface area contributed by atoms with E-state index in [1.807, 2.05) is 18.2 Å². The van der Waals surface area contributed by atoms with Gasteiger partial charge in [0.2, 0.25) is 0 Å². The largest absolute Gasteiger partial charge is 0.507 e. The Hall–Kier alpha value is -3.25. The molecule has 4 rings (SSSR count). The minimum atomic E-state index is -0.353. The number of thiophene rings is 1. The van der Waals surface area contributed by atoms with Crippen LogP contribution < -0.4 is 10.3 Å². The molecule has 0 radical (unpaired) electrons. The highest BCUT2D eigenvalue weighted by Crippen LogP contribution is 2.44. The molecule has 130 valence electrons. The molecule has 0 saturated heterocycles. The number of methoxy groups -OCH3 is 1. The van der Waals surface area contributed by atoms with Crippen LogP contribution in [-0.2, 0) is 0 Å². The van der Waals surface area contributed by atoms with Crippen molar-refractivity contribution < 1.29 is 14.9 Å². The molecule has 2 aromatic heterocycles. The molecule has 0 aliphatic carbocycles. The summed E-state index contributed by atoms with van der Waals surface area (Å²) in [5.41, 5.74) is 1.69. The fraction of sp³-hybridized carbons (Fsp3) is 0.0500. The van der Waals surface area contributed by atoms with Gasteiger partial charge in [0, 0.05) is 22.6 Å². The molecular formula is C20H15NO4S. The number of ether oxygens (including phenoxy) is 1. The molecule has 0 unspecified atom stereocenters. The summed E-state index contributed by atoms with van der Waals surface area (Å²) in [5, 5.41) is 23.6. The second-order valence-corrected chi connectivity index (χ2v) is 6.66. The third-order valence-corrected chi connectivity index (χ3v) is 5.17. The van der Waals surface area contributed by atoms with Gasteiger partial charge in [0.25, 0.3) is 5.56 Å². The van der Waals surface area contributed by atoms with E-state index in [0.717, 1.165) is 0 Å². The van der Waals surface area contributed by atoms with Crippen LogP contribution in [0.5, 0.6) is 17.2 Å². The number of aromatic amines is 1. The number of hydrogen-bond donors (Lipinski definition) is 3. The summed E-state index contributed by atoms with van der Waals surface area (Å²) >= 11 is 1.30. The van der Waals surface area contributed by atoms with Crippen molar-refractivity contribution in [2.45, 2.75) is 0 Å². The maximum Gasteiger partial charge on any atom is 0.260 e. The number of phenols is 1. The zero-order chi connectivity index (χ0) is 18.3. The predicted molar refractivity (Wildman–Crippen MR) is 103 cm³/mol. The van der Waals surface area contributed by atoms with Crippen LogP contribution in [0.15, 0.2) is 58.7 Å². The molecule has 0 spiro atoms. The molecule has 6 heteroatoms. The van der Waals surface area contributed by atoms with Gasteiger partial charge in [0.05, 0.1) is 18.1 Å². The minimum Gasteiger partial charge on any atom is -0.507 e. The van der Waals surface area contributed by atoms with Crippen molar-refractivity contribution in [2.75, 3.05) is 7.11 Å². The number of hydrogen-bond acceptors (Lipinski definition) is 5. The van der Waals surface area contributed by atoms with Crippen molar-refractivity contribution in [2.24, 2.45) is 0 Å². The molecule has 0 saturated carbocycles. The Kier molecular flexibility index (Phi) is 3.89. The monoisotopic (exact) mass is 365 g/mol. The molecule has 0 fully saturated rings. The van der Waals surface area contributed by atoms with E-state index in [1.165, 1.54) is 24.5 Å². The van der Waals surface area contributed by atoms with Crippen molar-refractivity contribution in [3.63, 3.8) is 0 Å². The van der Waals surface area contributed by atoms with Crippen molar-refractivity contribution in [3.8, 4) is 39.5 Å². The number of aromatic hydroxyl groups is 2. The Balaban J connectivity index is 2.01. The Labute approximate surface area is 152 Å². The van der Waals surface area contributed by atoms with Gasteiger partial charge in [-0.3, -0.25) is 4.79 Å². The van der Waals surface area contributed by atoms with Crippen LogP contribution in [0.25, 0.3) is 32.5 Å². The molecule has 2 heterocycles. The average Bonchev–Trinajstić information content (AvgIpc) is 3.06. The van der Waals surface area contributed by atoms with Crippen molar-refractivity contribution in [3.05, 3.63) is 64.3 Å². The van der Waals surface area contributed by atoms with E-state index in [2.05, 4.69) is 4.98 Å². The summed E-state index contributed by atoms with van der Waals surface area (Å²) in [4.78, 5) is 15.9. The lowest BCUT2D eigenvalue weighted by Crippen LogP contribution is -2.08. The van der Waals surface area contributed by atoms with E-state index in [9.17, 15) is 15.0 Å². The smallest absolute Gasteiger partial charge is 0.260 e. The highest BCUT2D eigenvalue weighted by Gasteiger charge is 2.20. The number of pyridine rings is 1. The number of fused-ring (bicyclic) bond motifs is 1. The van der Waals surface area contributed by atoms with Gasteiger partial charge in [-0.2, -0.15) is 0 Å². The molecule has 26 heavy (non-hydrogen) atoms. The SMILES string of the molecule is COc1ccc(-c2csc3[nH]c(=O)c(-c4ccccc4)c(O)c23)c(O)c1. The highest BCUT2D eigenvalue weighted by atomic mass is 32.1. The molecule has 4 aromatic rings. The summed E-state index contributed by atoms with van der Waals surface area (Å²) in [5.74, 6) is 0.478. The highest BCUT2D eigenvalue weighted by molar-refractivity contribution is 7.17. The Bertz CT molecular complexity index is 1160. The lowest BCUT2D eigenvalue weighted by Gasteiger charge is -2.09. The van der Waals surface area contributed by atoms with E-state index in [-0.39, 0.29) is 22.6 Å². The standard InChI is InChI=1S/C20H15NO4S/c1-25-12-7-8-13(15(22)9-12)14-10-26-20-17(14)18(23)16(19(24)21-20)11-5-3-2-4-6-11/h2-10,22H,1H3,(H2,21,23,24). The van der Waals surface area contributed by atoms with Crippen LogP contribution in [0.1, 0.15) is 0 Å². The topological polar surface area (TPSA) is 82.6 Å². The Morgan fingerprint density at radius 2 is 1.81 bits per heavy atom. The van der Waals surface area contributed by atoms with Crippen LogP contribution in [0.2, 0.25) is 0 Å². The van der Waals surface area contributed by atoms with Crippen LogP contribution in [0, 0.1) is 0 Å². The number of rotatable bonds is 3. The molecule has 0 aliphatic heterocycles. The first kappa shape index (κ1) is 16.2. The van der Waals surface area contributed by atoms with Gasteiger partial charge in [-0.25, -0.2) is 0 Å². The van der Waals surface area contributed by atoms with Gasteiger partial charge >= 0.3 is 0 Å². The minimum absolute atomic E-state index is 0.0379. The fourth-order valence-corrected chi connectivity index (χ4v) is 3.98. The average molecular weight is 365 g/mol. The van der Waals surface area contributed by atoms with Gasteiger partial charge in [0.15, 0.2) is 0 Å². The van der Waals surface area contributed by atoms with Gasteiger partial charge in [-0.1, -0.05) is 30.3 Å². The van der Waals surface area contributed by atoms with E-state index in [4.69, 9.17) is 4.74 Å². The number of phenolic OH excluding ortho intramolecular Hbond substituents is 1. The van der Waals surface area contributed by atoms with Gasteiger partial charge in [0.1, 0.15) is 22.1 Å². The second-order valence-electron chi connectivity index (χ2n) is 5.78. The maximum atomic E-state index is 12.5. The fourth-order valence-electron chi connectivity index (χ4n) is 3.02. The number of aromatic nitrogens is 1. The number of benzene rings is 2. The normalized spacial score (nSPS) is 11.0. The van der Waals surface area contributed by atoms with E-state index in [0.29, 0.717) is 32.7 Å². The predicted octanol–water partition coefficient (Wildman–Crippen LogP) is 4.34. The summed E-state index contributed by atoms with van der Waals surface area (Å²) in [6.07, 6.45) is 0. The molecule has 5 nitrogen and oxygen atoms in total. The molecule has 0 amide bonds. The van der Waals surface area contributed by atoms with Gasteiger partial charge in [-0.05, 0) is 17.7 Å². The first-order valence-electron chi connectivity index (χ1n) is 7.89. The van der Waals surface area contributed by atoms with Crippen molar-refractivity contribution in [1.29, 1.82) is 0 Å². The van der Waals surface area contributed by atoms with E-state index < -0.39 is 0 Å². The molecular weight excluding hydrogens is 350 g/mol.